The van der Waals surface area contributed by atoms with Crippen molar-refractivity contribution in [2.45, 2.75) is 6.61 Å². The predicted molar refractivity (Wildman–Crippen MR) is 93.5 cm³/mol. The molecule has 98 valence electrons. The molecule has 0 saturated heterocycles. The van der Waals surface area contributed by atoms with E-state index in [2.05, 4.69) is 50.7 Å². The fraction of sp³-hybridized carbons (Fsp3) is 0.0714. The first-order valence-electron chi connectivity index (χ1n) is 5.53. The minimum atomic E-state index is 0.332. The second-order valence-corrected chi connectivity index (χ2v) is 6.52. The SMILES string of the molecule is NC(=S)c1cc(Br)ccc1OCc1ccc(I)cc1. The van der Waals surface area contributed by atoms with E-state index in [4.69, 9.17) is 22.7 Å². The lowest BCUT2D eigenvalue weighted by Gasteiger charge is -2.11. The summed E-state index contributed by atoms with van der Waals surface area (Å²) < 4.78 is 7.92. The second-order valence-electron chi connectivity index (χ2n) is 3.92. The van der Waals surface area contributed by atoms with Crippen molar-refractivity contribution in [2.75, 3.05) is 0 Å². The lowest BCUT2D eigenvalue weighted by atomic mass is 10.2. The smallest absolute Gasteiger partial charge is 0.130 e. The van der Waals surface area contributed by atoms with Crippen LogP contribution >= 0.6 is 50.7 Å². The van der Waals surface area contributed by atoms with E-state index in [0.29, 0.717) is 17.3 Å². The van der Waals surface area contributed by atoms with E-state index in [9.17, 15) is 0 Å². The average molecular weight is 448 g/mol. The van der Waals surface area contributed by atoms with Gasteiger partial charge in [-0.3, -0.25) is 0 Å². The molecule has 2 aromatic carbocycles. The number of rotatable bonds is 4. The van der Waals surface area contributed by atoms with Gasteiger partial charge in [0.25, 0.3) is 0 Å². The average Bonchev–Trinajstić information content (AvgIpc) is 2.39. The van der Waals surface area contributed by atoms with Gasteiger partial charge < -0.3 is 10.5 Å². The Labute approximate surface area is 139 Å². The molecule has 0 heterocycles. The molecular formula is C14H11BrINOS. The molecule has 0 fully saturated rings. The van der Waals surface area contributed by atoms with Crippen molar-refractivity contribution in [3.05, 3.63) is 61.6 Å². The van der Waals surface area contributed by atoms with Crippen LogP contribution in [0.3, 0.4) is 0 Å². The van der Waals surface area contributed by atoms with Gasteiger partial charge in [-0.25, -0.2) is 0 Å². The van der Waals surface area contributed by atoms with Gasteiger partial charge in [0, 0.05) is 8.04 Å². The van der Waals surface area contributed by atoms with Gasteiger partial charge in [0.05, 0.1) is 5.56 Å². The molecular weight excluding hydrogens is 437 g/mol. The van der Waals surface area contributed by atoms with Crippen LogP contribution in [0, 0.1) is 3.57 Å². The molecule has 5 heteroatoms. The van der Waals surface area contributed by atoms with Crippen LogP contribution in [0.15, 0.2) is 46.9 Å². The summed E-state index contributed by atoms with van der Waals surface area (Å²) in [6.45, 7) is 0.494. The highest BCUT2D eigenvalue weighted by Crippen LogP contribution is 2.24. The van der Waals surface area contributed by atoms with E-state index >= 15 is 0 Å². The Morgan fingerprint density at radius 2 is 1.89 bits per heavy atom. The fourth-order valence-corrected chi connectivity index (χ4v) is 2.44. The van der Waals surface area contributed by atoms with Gasteiger partial charge in [-0.05, 0) is 58.5 Å². The number of benzene rings is 2. The first-order chi connectivity index (χ1) is 9.06. The molecule has 0 unspecified atom stereocenters. The Morgan fingerprint density at radius 3 is 2.53 bits per heavy atom. The molecule has 0 aliphatic carbocycles. The Balaban J connectivity index is 2.15. The summed E-state index contributed by atoms with van der Waals surface area (Å²) in [5, 5.41) is 0. The number of thiocarbonyl (C=S) groups is 1. The molecule has 0 bridgehead atoms. The number of ether oxygens (including phenoxy) is 1. The Morgan fingerprint density at radius 1 is 1.21 bits per heavy atom. The minimum Gasteiger partial charge on any atom is -0.488 e. The van der Waals surface area contributed by atoms with Gasteiger partial charge in [0.15, 0.2) is 0 Å². The van der Waals surface area contributed by atoms with E-state index < -0.39 is 0 Å². The molecule has 2 rings (SSSR count). The third-order valence-corrected chi connectivity index (χ3v) is 3.95. The normalized spacial score (nSPS) is 10.2. The maximum atomic E-state index is 5.79. The highest BCUT2D eigenvalue weighted by molar-refractivity contribution is 14.1. The quantitative estimate of drug-likeness (QED) is 0.561. The first-order valence-corrected chi connectivity index (χ1v) is 7.81. The maximum absolute atomic E-state index is 5.79. The molecule has 0 saturated carbocycles. The highest BCUT2D eigenvalue weighted by Gasteiger charge is 2.07. The zero-order valence-electron chi connectivity index (χ0n) is 9.90. The van der Waals surface area contributed by atoms with Gasteiger partial charge in [-0.15, -0.1) is 0 Å². The van der Waals surface area contributed by atoms with Gasteiger partial charge in [-0.2, -0.15) is 0 Å². The summed E-state index contributed by atoms with van der Waals surface area (Å²) in [4.78, 5) is 0.332. The van der Waals surface area contributed by atoms with Crippen LogP contribution in [0.1, 0.15) is 11.1 Å². The molecule has 0 radical (unpaired) electrons. The Hall–Kier alpha value is -0.660. The lowest BCUT2D eigenvalue weighted by molar-refractivity contribution is 0.305. The summed E-state index contributed by atoms with van der Waals surface area (Å²) in [5.41, 5.74) is 7.56. The van der Waals surface area contributed by atoms with Crippen LogP contribution in [0.5, 0.6) is 5.75 Å². The van der Waals surface area contributed by atoms with Crippen molar-refractivity contribution in [1.29, 1.82) is 0 Å². The van der Waals surface area contributed by atoms with Crippen molar-refractivity contribution in [3.63, 3.8) is 0 Å². The predicted octanol–water partition coefficient (Wildman–Crippen LogP) is 4.27. The Bertz CT molecular complexity index is 601. The second kappa shape index (κ2) is 6.67. The van der Waals surface area contributed by atoms with Crippen molar-refractivity contribution < 1.29 is 4.74 Å². The monoisotopic (exact) mass is 447 g/mol. The topological polar surface area (TPSA) is 35.2 Å². The van der Waals surface area contributed by atoms with Crippen LogP contribution in [0.4, 0.5) is 0 Å². The summed E-state index contributed by atoms with van der Waals surface area (Å²) in [6, 6.07) is 13.8. The van der Waals surface area contributed by atoms with E-state index in [-0.39, 0.29) is 0 Å². The van der Waals surface area contributed by atoms with Crippen molar-refractivity contribution in [3.8, 4) is 5.75 Å². The van der Waals surface area contributed by atoms with E-state index in [1.165, 1.54) is 3.57 Å². The van der Waals surface area contributed by atoms with E-state index in [1.807, 2.05) is 30.3 Å². The Kier molecular flexibility index (Phi) is 5.18. The zero-order valence-corrected chi connectivity index (χ0v) is 14.5. The minimum absolute atomic E-state index is 0.332. The molecule has 0 aliphatic heterocycles. The largest absolute Gasteiger partial charge is 0.488 e. The zero-order chi connectivity index (χ0) is 13.8. The summed E-state index contributed by atoms with van der Waals surface area (Å²) >= 11 is 10.7. The molecule has 2 aromatic rings. The van der Waals surface area contributed by atoms with Crippen molar-refractivity contribution >= 4 is 55.7 Å². The highest BCUT2D eigenvalue weighted by atomic mass is 127. The fourth-order valence-electron chi connectivity index (χ4n) is 1.56. The summed E-state index contributed by atoms with van der Waals surface area (Å²) in [5.74, 6) is 0.703. The van der Waals surface area contributed by atoms with Crippen LogP contribution in [-0.4, -0.2) is 4.99 Å². The van der Waals surface area contributed by atoms with Crippen molar-refractivity contribution in [2.24, 2.45) is 5.73 Å². The molecule has 2 nitrogen and oxygen atoms in total. The van der Waals surface area contributed by atoms with Crippen LogP contribution in [-0.2, 0) is 6.61 Å². The van der Waals surface area contributed by atoms with Crippen LogP contribution in [0.25, 0.3) is 0 Å². The van der Waals surface area contributed by atoms with Gasteiger partial charge in [-0.1, -0.05) is 40.3 Å². The summed E-state index contributed by atoms with van der Waals surface area (Å²) in [7, 11) is 0. The molecule has 0 amide bonds. The van der Waals surface area contributed by atoms with E-state index in [0.717, 1.165) is 15.6 Å². The number of halogens is 2. The standard InChI is InChI=1S/C14H11BrINOS/c15-10-3-6-13(12(7-10)14(17)19)18-8-9-1-4-11(16)5-2-9/h1-7H,8H2,(H2,17,19). The number of hydrogen-bond acceptors (Lipinski definition) is 2. The molecule has 0 aliphatic rings. The van der Waals surface area contributed by atoms with Gasteiger partial charge in [0.1, 0.15) is 17.3 Å². The number of nitrogens with two attached hydrogens (primary N) is 1. The number of hydrogen-bond donors (Lipinski definition) is 1. The molecule has 2 N–H and O–H groups in total. The molecule has 19 heavy (non-hydrogen) atoms. The molecule has 0 aromatic heterocycles. The maximum Gasteiger partial charge on any atom is 0.130 e. The molecule has 0 atom stereocenters. The third-order valence-electron chi connectivity index (χ3n) is 2.51. The van der Waals surface area contributed by atoms with Gasteiger partial charge in [0.2, 0.25) is 0 Å². The first kappa shape index (κ1) is 14.7. The van der Waals surface area contributed by atoms with Gasteiger partial charge >= 0.3 is 0 Å². The van der Waals surface area contributed by atoms with E-state index in [1.54, 1.807) is 0 Å². The van der Waals surface area contributed by atoms with Crippen LogP contribution < -0.4 is 10.5 Å². The lowest BCUT2D eigenvalue weighted by Crippen LogP contribution is -2.11. The summed E-state index contributed by atoms with van der Waals surface area (Å²) in [6.07, 6.45) is 0. The third kappa shape index (κ3) is 4.15. The van der Waals surface area contributed by atoms with Crippen LogP contribution in [0.2, 0.25) is 0 Å². The molecule has 0 spiro atoms. The van der Waals surface area contributed by atoms with Crippen molar-refractivity contribution in [1.82, 2.24) is 0 Å².